The summed E-state index contributed by atoms with van der Waals surface area (Å²) in [4.78, 5) is 10.7. The van der Waals surface area contributed by atoms with Gasteiger partial charge in [0.15, 0.2) is 0 Å². The highest BCUT2D eigenvalue weighted by Crippen LogP contribution is 2.06. The number of carbonyl (C=O) groups is 1. The molecule has 0 aliphatic heterocycles. The fraction of sp³-hybridized carbons (Fsp3) is 0.455. The van der Waals surface area contributed by atoms with Gasteiger partial charge in [0, 0.05) is 35.9 Å². The van der Waals surface area contributed by atoms with Crippen LogP contribution in [0.3, 0.4) is 0 Å². The van der Waals surface area contributed by atoms with E-state index < -0.39 is 0 Å². The molecule has 0 fully saturated rings. The van der Waals surface area contributed by atoms with Gasteiger partial charge in [0.2, 0.25) is 5.91 Å². The van der Waals surface area contributed by atoms with Crippen molar-refractivity contribution < 1.29 is 4.79 Å². The summed E-state index contributed by atoms with van der Waals surface area (Å²) in [6.07, 6.45) is 0. The summed E-state index contributed by atoms with van der Waals surface area (Å²) in [5, 5.41) is 2.78. The first-order valence-electron chi connectivity index (χ1n) is 4.93. The van der Waals surface area contributed by atoms with Crippen LogP contribution < -0.4 is 5.32 Å². The molecule has 1 aromatic heterocycles. The lowest BCUT2D eigenvalue weighted by Gasteiger charge is -2.14. The third-order valence-electron chi connectivity index (χ3n) is 2.26. The van der Waals surface area contributed by atoms with Crippen molar-refractivity contribution in [2.24, 2.45) is 0 Å². The second-order valence-corrected chi connectivity index (χ2v) is 4.08. The molecule has 0 spiro atoms. The lowest BCUT2D eigenvalue weighted by atomic mass is 10.3. The third-order valence-corrected chi connectivity index (χ3v) is 2.50. The number of hydrogen-bond acceptors (Lipinski definition) is 2. The van der Waals surface area contributed by atoms with E-state index >= 15 is 0 Å². The van der Waals surface area contributed by atoms with Gasteiger partial charge in [-0.05, 0) is 26.0 Å². The van der Waals surface area contributed by atoms with Gasteiger partial charge in [-0.2, -0.15) is 0 Å². The first kappa shape index (κ1) is 11.9. The van der Waals surface area contributed by atoms with E-state index in [9.17, 15) is 4.79 Å². The zero-order valence-electron chi connectivity index (χ0n) is 9.33. The number of hydrogen-bond donors (Lipinski definition) is 1. The number of aromatic nitrogens is 1. The molecule has 0 saturated heterocycles. The lowest BCUT2D eigenvalue weighted by Crippen LogP contribution is -2.25. The highest BCUT2D eigenvalue weighted by atomic mass is 32.1. The molecule has 3 nitrogen and oxygen atoms in total. The second-order valence-electron chi connectivity index (χ2n) is 3.61. The Morgan fingerprint density at radius 3 is 2.40 bits per heavy atom. The monoisotopic (exact) mass is 224 g/mol. The molecular formula is C11H16N2OS. The van der Waals surface area contributed by atoms with Crippen LogP contribution in [0.25, 0.3) is 0 Å². The largest absolute Gasteiger partial charge is 0.355 e. The fourth-order valence-corrected chi connectivity index (χ4v) is 1.92. The Balaban J connectivity index is 2.77. The molecule has 0 aliphatic carbocycles. The predicted octanol–water partition coefficient (Wildman–Crippen LogP) is 1.97. The highest BCUT2D eigenvalue weighted by molar-refractivity contribution is 7.71. The summed E-state index contributed by atoms with van der Waals surface area (Å²) < 4.78 is 3.01. The molecule has 0 saturated carbocycles. The first-order chi connectivity index (χ1) is 7.00. The number of nitrogens with zero attached hydrogens (tertiary/aromatic N) is 1. The minimum atomic E-state index is 0.00537. The third kappa shape index (κ3) is 3.47. The molecule has 0 aliphatic rings. The molecule has 0 bridgehead atoms. The van der Waals surface area contributed by atoms with Crippen LogP contribution in [0, 0.1) is 18.4 Å². The summed E-state index contributed by atoms with van der Waals surface area (Å²) in [5.74, 6) is 0.00537. The molecule has 1 rings (SSSR count). The van der Waals surface area contributed by atoms with Gasteiger partial charge in [0.1, 0.15) is 0 Å². The Hall–Kier alpha value is -1.16. The molecule has 0 aromatic carbocycles. The Labute approximate surface area is 95.1 Å². The lowest BCUT2D eigenvalue weighted by molar-refractivity contribution is -0.118. The molecule has 82 valence electrons. The minimum Gasteiger partial charge on any atom is -0.355 e. The van der Waals surface area contributed by atoms with E-state index in [2.05, 4.69) is 9.88 Å². The average molecular weight is 224 g/mol. The van der Waals surface area contributed by atoms with E-state index in [1.165, 1.54) is 6.92 Å². The Morgan fingerprint density at radius 2 is 1.93 bits per heavy atom. The topological polar surface area (TPSA) is 34.0 Å². The number of rotatable bonds is 3. The maximum absolute atomic E-state index is 10.7. The van der Waals surface area contributed by atoms with Crippen molar-refractivity contribution >= 4 is 18.1 Å². The maximum atomic E-state index is 10.7. The van der Waals surface area contributed by atoms with Gasteiger partial charge in [-0.3, -0.25) is 4.79 Å². The Morgan fingerprint density at radius 1 is 1.40 bits per heavy atom. The molecule has 15 heavy (non-hydrogen) atoms. The zero-order chi connectivity index (χ0) is 11.4. The molecule has 0 atom stereocenters. The molecule has 1 amide bonds. The average Bonchev–Trinajstić information content (AvgIpc) is 2.08. The first-order valence-corrected chi connectivity index (χ1v) is 5.34. The normalized spacial score (nSPS) is 10.1. The van der Waals surface area contributed by atoms with Crippen LogP contribution in [0.4, 0.5) is 0 Å². The number of nitrogens with one attached hydrogen (secondary N) is 1. The summed E-state index contributed by atoms with van der Waals surface area (Å²) in [6.45, 7) is 7.01. The SMILES string of the molecule is CC(=O)NCCn1c(C)cc(=S)cc1C. The van der Waals surface area contributed by atoms with E-state index in [1.807, 2.05) is 26.0 Å². The maximum Gasteiger partial charge on any atom is 0.216 e. The quantitative estimate of drug-likeness (QED) is 0.796. The summed E-state index contributed by atoms with van der Waals surface area (Å²) in [5.41, 5.74) is 2.26. The number of pyridine rings is 1. The minimum absolute atomic E-state index is 0.00537. The van der Waals surface area contributed by atoms with Crippen molar-refractivity contribution in [1.82, 2.24) is 9.88 Å². The Kier molecular flexibility index (Phi) is 4.03. The van der Waals surface area contributed by atoms with E-state index in [4.69, 9.17) is 12.2 Å². The van der Waals surface area contributed by atoms with Gasteiger partial charge >= 0.3 is 0 Å². The molecule has 1 N–H and O–H groups in total. The van der Waals surface area contributed by atoms with Crippen LogP contribution in [0.1, 0.15) is 18.3 Å². The fourth-order valence-electron chi connectivity index (χ4n) is 1.58. The zero-order valence-corrected chi connectivity index (χ0v) is 10.1. The van der Waals surface area contributed by atoms with E-state index in [0.29, 0.717) is 6.54 Å². The van der Waals surface area contributed by atoms with Crippen molar-refractivity contribution in [3.8, 4) is 0 Å². The van der Waals surface area contributed by atoms with E-state index in [-0.39, 0.29) is 5.91 Å². The van der Waals surface area contributed by atoms with Crippen LogP contribution in [-0.2, 0) is 11.3 Å². The number of aryl methyl sites for hydroxylation is 2. The van der Waals surface area contributed by atoms with Crippen molar-refractivity contribution in [2.75, 3.05) is 6.54 Å². The van der Waals surface area contributed by atoms with Gasteiger partial charge in [-0.15, -0.1) is 0 Å². The molecule has 1 heterocycles. The van der Waals surface area contributed by atoms with Gasteiger partial charge in [0.25, 0.3) is 0 Å². The highest BCUT2D eigenvalue weighted by Gasteiger charge is 1.99. The van der Waals surface area contributed by atoms with Crippen LogP contribution in [0.5, 0.6) is 0 Å². The summed E-state index contributed by atoms with van der Waals surface area (Å²) in [7, 11) is 0. The molecule has 1 aromatic rings. The van der Waals surface area contributed by atoms with Crippen LogP contribution in [-0.4, -0.2) is 17.0 Å². The van der Waals surface area contributed by atoms with Gasteiger partial charge in [0.05, 0.1) is 0 Å². The van der Waals surface area contributed by atoms with Crippen molar-refractivity contribution in [3.63, 3.8) is 0 Å². The van der Waals surface area contributed by atoms with Gasteiger partial charge < -0.3 is 9.88 Å². The van der Waals surface area contributed by atoms with Crippen molar-refractivity contribution in [1.29, 1.82) is 0 Å². The van der Waals surface area contributed by atoms with Crippen LogP contribution >= 0.6 is 12.2 Å². The number of amides is 1. The summed E-state index contributed by atoms with van der Waals surface area (Å²) >= 11 is 5.12. The standard InChI is InChI=1S/C11H16N2OS/c1-8-6-11(15)7-9(2)13(8)5-4-12-10(3)14/h6-7H,4-5H2,1-3H3,(H,12,14). The summed E-state index contributed by atoms with van der Waals surface area (Å²) in [6, 6.07) is 3.94. The van der Waals surface area contributed by atoms with Gasteiger partial charge in [-0.25, -0.2) is 0 Å². The molecular weight excluding hydrogens is 208 g/mol. The second kappa shape index (κ2) is 5.07. The van der Waals surface area contributed by atoms with E-state index in [1.54, 1.807) is 0 Å². The van der Waals surface area contributed by atoms with E-state index in [0.717, 1.165) is 22.4 Å². The Bertz CT molecular complexity index is 397. The molecule has 0 unspecified atom stereocenters. The smallest absolute Gasteiger partial charge is 0.216 e. The molecule has 4 heteroatoms. The molecule has 0 radical (unpaired) electrons. The van der Waals surface area contributed by atoms with Crippen molar-refractivity contribution in [3.05, 3.63) is 28.0 Å². The number of carbonyl (C=O) groups excluding carboxylic acids is 1. The van der Waals surface area contributed by atoms with Crippen LogP contribution in [0.15, 0.2) is 12.1 Å². The van der Waals surface area contributed by atoms with Crippen LogP contribution in [0.2, 0.25) is 0 Å². The van der Waals surface area contributed by atoms with Crippen molar-refractivity contribution in [2.45, 2.75) is 27.3 Å². The predicted molar refractivity (Wildman–Crippen MR) is 63.4 cm³/mol. The van der Waals surface area contributed by atoms with Gasteiger partial charge in [-0.1, -0.05) is 12.2 Å².